The van der Waals surface area contributed by atoms with Gasteiger partial charge in [0.25, 0.3) is 0 Å². The van der Waals surface area contributed by atoms with E-state index in [2.05, 4.69) is 0 Å². The molecule has 5 nitrogen and oxygen atoms in total. The van der Waals surface area contributed by atoms with Crippen LogP contribution in [0.25, 0.3) is 11.0 Å². The van der Waals surface area contributed by atoms with E-state index in [0.29, 0.717) is 17.1 Å². The number of nitrogens with zero attached hydrogens (tertiary/aromatic N) is 1. The number of rotatable bonds is 1. The van der Waals surface area contributed by atoms with Crippen molar-refractivity contribution in [2.24, 2.45) is 0 Å². The van der Waals surface area contributed by atoms with Crippen LogP contribution >= 0.6 is 0 Å². The molecule has 0 radical (unpaired) electrons. The van der Waals surface area contributed by atoms with Crippen LogP contribution in [0.2, 0.25) is 0 Å². The Morgan fingerprint density at radius 1 is 1.16 bits per heavy atom. The molecule has 166 valence electrons. The SMILES string of the molecule is Oc1ccc2c3c1O[C@H]1c4oc5ccccc5c4C[C@@]4(O)[C@@H](C2)N(CC(F)(F)F)CC[C@]314. The first-order valence-corrected chi connectivity index (χ1v) is 10.8. The van der Waals surface area contributed by atoms with Crippen molar-refractivity contribution in [1.29, 1.82) is 0 Å². The highest BCUT2D eigenvalue weighted by molar-refractivity contribution is 5.84. The van der Waals surface area contributed by atoms with Crippen LogP contribution in [0.15, 0.2) is 40.8 Å². The monoisotopic (exact) mass is 443 g/mol. The summed E-state index contributed by atoms with van der Waals surface area (Å²) in [5, 5.41) is 23.8. The molecular weight excluding hydrogens is 423 g/mol. The molecule has 2 aromatic carbocycles. The molecule has 0 amide bonds. The van der Waals surface area contributed by atoms with Gasteiger partial charge in [-0.3, -0.25) is 4.90 Å². The van der Waals surface area contributed by atoms with Crippen LogP contribution in [0.5, 0.6) is 11.5 Å². The second-order valence-corrected chi connectivity index (χ2v) is 9.51. The molecule has 3 aromatic rings. The Hall–Kier alpha value is -2.71. The summed E-state index contributed by atoms with van der Waals surface area (Å²) in [5.41, 5.74) is 0.524. The van der Waals surface area contributed by atoms with Gasteiger partial charge < -0.3 is 19.4 Å². The van der Waals surface area contributed by atoms with Crippen molar-refractivity contribution in [2.75, 3.05) is 13.1 Å². The predicted octanol–water partition coefficient (Wildman–Crippen LogP) is 3.99. The van der Waals surface area contributed by atoms with Gasteiger partial charge in [-0.15, -0.1) is 0 Å². The van der Waals surface area contributed by atoms with Gasteiger partial charge in [0.05, 0.1) is 17.6 Å². The third-order valence-corrected chi connectivity index (χ3v) is 8.12. The summed E-state index contributed by atoms with van der Waals surface area (Å²) in [6.07, 6.45) is -4.36. The molecule has 1 fully saturated rings. The Morgan fingerprint density at radius 3 is 2.78 bits per heavy atom. The van der Waals surface area contributed by atoms with Crippen LogP contribution in [-0.4, -0.2) is 46.0 Å². The van der Waals surface area contributed by atoms with E-state index in [4.69, 9.17) is 9.15 Å². The van der Waals surface area contributed by atoms with Gasteiger partial charge in [0.1, 0.15) is 11.3 Å². The van der Waals surface area contributed by atoms with Crippen molar-refractivity contribution in [2.45, 2.75) is 48.6 Å². The van der Waals surface area contributed by atoms with Gasteiger partial charge in [-0.1, -0.05) is 24.3 Å². The lowest BCUT2D eigenvalue weighted by Crippen LogP contribution is -2.74. The Labute approximate surface area is 181 Å². The zero-order chi connectivity index (χ0) is 22.0. The fraction of sp³-hybridized carbons (Fsp3) is 0.417. The number of para-hydroxylation sites is 1. The van der Waals surface area contributed by atoms with Crippen LogP contribution in [-0.2, 0) is 18.3 Å². The lowest BCUT2D eigenvalue weighted by Gasteiger charge is -2.62. The molecule has 1 aromatic heterocycles. The molecular formula is C24H20F3NO4. The molecule has 2 aliphatic heterocycles. The maximum absolute atomic E-state index is 13.4. The normalized spacial score (nSPS) is 32.5. The summed E-state index contributed by atoms with van der Waals surface area (Å²) in [5.74, 6) is 0.896. The molecule has 7 rings (SSSR count). The van der Waals surface area contributed by atoms with Gasteiger partial charge in [0, 0.05) is 35.5 Å². The van der Waals surface area contributed by atoms with Crippen molar-refractivity contribution in [3.05, 3.63) is 58.8 Å². The highest BCUT2D eigenvalue weighted by Gasteiger charge is 2.73. The first-order chi connectivity index (χ1) is 15.2. The number of piperidine rings is 1. The molecule has 1 spiro atoms. The first-order valence-electron chi connectivity index (χ1n) is 10.8. The molecule has 2 bridgehead atoms. The van der Waals surface area contributed by atoms with Gasteiger partial charge in [-0.2, -0.15) is 13.2 Å². The van der Waals surface area contributed by atoms with E-state index < -0.39 is 35.9 Å². The Balaban J connectivity index is 1.52. The zero-order valence-electron chi connectivity index (χ0n) is 16.9. The van der Waals surface area contributed by atoms with E-state index >= 15 is 0 Å². The van der Waals surface area contributed by atoms with Crippen LogP contribution in [0, 0.1) is 0 Å². The number of likely N-dealkylation sites (tertiary alicyclic amines) is 1. The van der Waals surface area contributed by atoms with E-state index in [1.165, 1.54) is 11.0 Å². The molecule has 4 aliphatic rings. The third-order valence-electron chi connectivity index (χ3n) is 8.12. The molecule has 4 atom stereocenters. The van der Waals surface area contributed by atoms with E-state index in [0.717, 1.165) is 22.1 Å². The summed E-state index contributed by atoms with van der Waals surface area (Å²) >= 11 is 0. The number of hydrogen-bond acceptors (Lipinski definition) is 5. The molecule has 0 saturated carbocycles. The molecule has 0 unspecified atom stereocenters. The quantitative estimate of drug-likeness (QED) is 0.596. The van der Waals surface area contributed by atoms with E-state index in [9.17, 15) is 23.4 Å². The topological polar surface area (TPSA) is 66.1 Å². The lowest BCUT2D eigenvalue weighted by atomic mass is 9.49. The standard InChI is InChI=1S/C24H20F3NO4/c25-24(26,27)11-28-8-7-22-18-12-5-6-15(29)20(18)32-21(22)19-14(10-23(22,30)17(28)9-12)13-3-1-2-4-16(13)31-19/h1-6,17,21,29-30H,7-11H2/t17-,21+,22+,23-/m1/s1. The Bertz CT molecular complexity index is 1300. The molecule has 1 saturated heterocycles. The largest absolute Gasteiger partial charge is 0.504 e. The number of phenols is 1. The van der Waals surface area contributed by atoms with Crippen molar-refractivity contribution in [1.82, 2.24) is 4.90 Å². The van der Waals surface area contributed by atoms with Gasteiger partial charge >= 0.3 is 6.18 Å². The van der Waals surface area contributed by atoms with E-state index in [1.807, 2.05) is 24.3 Å². The molecule has 2 aliphatic carbocycles. The third kappa shape index (κ3) is 2.03. The van der Waals surface area contributed by atoms with Gasteiger partial charge in [-0.05, 0) is 30.5 Å². The van der Waals surface area contributed by atoms with Gasteiger partial charge in [-0.25, -0.2) is 0 Å². The number of aliphatic hydroxyl groups is 1. The average molecular weight is 443 g/mol. The second-order valence-electron chi connectivity index (χ2n) is 9.51. The van der Waals surface area contributed by atoms with Crippen molar-refractivity contribution in [3.8, 4) is 11.5 Å². The number of aromatic hydroxyl groups is 1. The number of fused-ring (bicyclic) bond motifs is 4. The van der Waals surface area contributed by atoms with Gasteiger partial charge in [0.15, 0.2) is 17.6 Å². The van der Waals surface area contributed by atoms with Crippen LogP contribution in [0.1, 0.15) is 35.0 Å². The number of ether oxygens (including phenoxy) is 1. The summed E-state index contributed by atoms with van der Waals surface area (Å²) in [6, 6.07) is 10.0. The summed E-state index contributed by atoms with van der Waals surface area (Å²) < 4.78 is 52.9. The molecule has 32 heavy (non-hydrogen) atoms. The number of phenolic OH excluding ortho intramolecular Hbond substituents is 1. The number of hydrogen-bond donors (Lipinski definition) is 2. The minimum absolute atomic E-state index is 0.0243. The van der Waals surface area contributed by atoms with Crippen LogP contribution in [0.4, 0.5) is 13.2 Å². The van der Waals surface area contributed by atoms with Crippen LogP contribution in [0.3, 0.4) is 0 Å². The average Bonchev–Trinajstić information content (AvgIpc) is 3.26. The second kappa shape index (κ2) is 5.61. The number of benzene rings is 2. The van der Waals surface area contributed by atoms with Gasteiger partial charge in [0.2, 0.25) is 0 Å². The fourth-order valence-corrected chi connectivity index (χ4v) is 6.99. The van der Waals surface area contributed by atoms with Crippen LogP contribution < -0.4 is 4.74 Å². The molecule has 2 N–H and O–H groups in total. The number of halogens is 3. The molecule has 3 heterocycles. The van der Waals surface area contributed by atoms with Crippen molar-refractivity contribution in [3.63, 3.8) is 0 Å². The Morgan fingerprint density at radius 2 is 1.97 bits per heavy atom. The predicted molar refractivity (Wildman–Crippen MR) is 108 cm³/mol. The highest BCUT2D eigenvalue weighted by atomic mass is 19.4. The fourth-order valence-electron chi connectivity index (χ4n) is 6.99. The van der Waals surface area contributed by atoms with E-state index in [1.54, 1.807) is 6.07 Å². The minimum Gasteiger partial charge on any atom is -0.504 e. The maximum Gasteiger partial charge on any atom is 0.401 e. The number of furan rings is 1. The first kappa shape index (κ1) is 18.8. The van der Waals surface area contributed by atoms with Crippen molar-refractivity contribution >= 4 is 11.0 Å². The van der Waals surface area contributed by atoms with Crippen molar-refractivity contribution < 1.29 is 32.5 Å². The zero-order valence-corrected chi connectivity index (χ0v) is 16.9. The van der Waals surface area contributed by atoms with E-state index in [-0.39, 0.29) is 31.6 Å². The number of alkyl halides is 3. The summed E-state index contributed by atoms with van der Waals surface area (Å²) in [6.45, 7) is -0.892. The summed E-state index contributed by atoms with van der Waals surface area (Å²) in [7, 11) is 0. The molecule has 8 heteroatoms. The Kier molecular flexibility index (Phi) is 3.30. The lowest BCUT2D eigenvalue weighted by molar-refractivity contribution is -0.207. The summed E-state index contributed by atoms with van der Waals surface area (Å²) in [4.78, 5) is 1.38. The highest BCUT2D eigenvalue weighted by Crippen LogP contribution is 2.69. The smallest absolute Gasteiger partial charge is 0.401 e. The maximum atomic E-state index is 13.4. The minimum atomic E-state index is -4.37.